The SMILES string of the molecule is COc1ccc(Cl)cc1N1C[C@@H](c2nc3ccccc3n2CCOc2c(C)cccc2C)CC1=O. The summed E-state index contributed by atoms with van der Waals surface area (Å²) in [4.78, 5) is 19.8. The van der Waals surface area contributed by atoms with E-state index in [2.05, 4.69) is 36.6 Å². The molecule has 1 aromatic heterocycles. The van der Waals surface area contributed by atoms with E-state index in [9.17, 15) is 4.79 Å². The monoisotopic (exact) mass is 489 g/mol. The van der Waals surface area contributed by atoms with Gasteiger partial charge in [0.25, 0.3) is 0 Å². The van der Waals surface area contributed by atoms with Gasteiger partial charge in [-0.3, -0.25) is 4.79 Å². The number of hydrogen-bond acceptors (Lipinski definition) is 4. The number of halogens is 1. The molecule has 3 aromatic carbocycles. The molecule has 1 saturated heterocycles. The summed E-state index contributed by atoms with van der Waals surface area (Å²) in [7, 11) is 1.60. The molecule has 35 heavy (non-hydrogen) atoms. The second kappa shape index (κ2) is 9.62. The number of anilines is 1. The molecule has 0 bridgehead atoms. The van der Waals surface area contributed by atoms with Crippen LogP contribution in [0.2, 0.25) is 5.02 Å². The van der Waals surface area contributed by atoms with Gasteiger partial charge in [0, 0.05) is 23.9 Å². The maximum atomic E-state index is 13.1. The van der Waals surface area contributed by atoms with Crippen LogP contribution in [0.5, 0.6) is 11.5 Å². The van der Waals surface area contributed by atoms with E-state index in [1.54, 1.807) is 30.2 Å². The molecule has 1 aliphatic heterocycles. The van der Waals surface area contributed by atoms with Gasteiger partial charge in [-0.15, -0.1) is 0 Å². The minimum absolute atomic E-state index is 0.0287. The van der Waals surface area contributed by atoms with E-state index in [4.69, 9.17) is 26.1 Å². The number of hydrogen-bond donors (Lipinski definition) is 0. The zero-order valence-corrected chi connectivity index (χ0v) is 20.9. The van der Waals surface area contributed by atoms with Gasteiger partial charge in [0.15, 0.2) is 0 Å². The van der Waals surface area contributed by atoms with Crippen LogP contribution in [-0.2, 0) is 11.3 Å². The fourth-order valence-electron chi connectivity index (χ4n) is 4.89. The van der Waals surface area contributed by atoms with E-state index in [-0.39, 0.29) is 11.8 Å². The number of fused-ring (bicyclic) bond motifs is 1. The highest BCUT2D eigenvalue weighted by atomic mass is 35.5. The Hall–Kier alpha value is -3.51. The van der Waals surface area contributed by atoms with Crippen molar-refractivity contribution in [1.82, 2.24) is 9.55 Å². The van der Waals surface area contributed by atoms with Crippen LogP contribution in [0.15, 0.2) is 60.7 Å². The molecule has 7 heteroatoms. The minimum atomic E-state index is -0.0567. The molecule has 180 valence electrons. The van der Waals surface area contributed by atoms with Crippen molar-refractivity contribution in [3.8, 4) is 11.5 Å². The first kappa shape index (κ1) is 23.2. The molecule has 5 rings (SSSR count). The number of carbonyl (C=O) groups excluding carboxylic acids is 1. The average molecular weight is 490 g/mol. The van der Waals surface area contributed by atoms with Gasteiger partial charge in [-0.1, -0.05) is 41.9 Å². The molecule has 2 heterocycles. The van der Waals surface area contributed by atoms with Crippen molar-refractivity contribution in [1.29, 1.82) is 0 Å². The lowest BCUT2D eigenvalue weighted by atomic mass is 10.1. The molecule has 0 N–H and O–H groups in total. The first-order valence-corrected chi connectivity index (χ1v) is 12.1. The Morgan fingerprint density at radius 1 is 1.06 bits per heavy atom. The zero-order chi connectivity index (χ0) is 24.5. The zero-order valence-electron chi connectivity index (χ0n) is 20.1. The molecule has 0 saturated carbocycles. The lowest BCUT2D eigenvalue weighted by Crippen LogP contribution is -2.25. The molecule has 1 aliphatic rings. The van der Waals surface area contributed by atoms with E-state index in [1.807, 2.05) is 24.3 Å². The van der Waals surface area contributed by atoms with E-state index in [1.165, 1.54) is 0 Å². The molecule has 0 spiro atoms. The quantitative estimate of drug-likeness (QED) is 0.323. The van der Waals surface area contributed by atoms with Crippen molar-refractivity contribution >= 4 is 34.2 Å². The van der Waals surface area contributed by atoms with Crippen molar-refractivity contribution in [3.05, 3.63) is 82.6 Å². The van der Waals surface area contributed by atoms with Gasteiger partial charge < -0.3 is 18.9 Å². The standard InChI is InChI=1S/C28H28ClN3O3/c1-18-7-6-8-19(2)27(18)35-14-13-31-23-10-5-4-9-22(23)30-28(31)20-15-26(33)32(17-20)24-16-21(29)11-12-25(24)34-3/h4-12,16,20H,13-15,17H2,1-3H3/t20-/m0/s1. The first-order valence-electron chi connectivity index (χ1n) is 11.7. The van der Waals surface area contributed by atoms with Crippen LogP contribution in [0, 0.1) is 13.8 Å². The van der Waals surface area contributed by atoms with Crippen LogP contribution in [0.4, 0.5) is 5.69 Å². The van der Waals surface area contributed by atoms with E-state index < -0.39 is 0 Å². The van der Waals surface area contributed by atoms with Crippen molar-refractivity contribution < 1.29 is 14.3 Å². The molecular weight excluding hydrogens is 462 g/mol. The second-order valence-electron chi connectivity index (χ2n) is 8.90. The topological polar surface area (TPSA) is 56.6 Å². The normalized spacial score (nSPS) is 15.7. The fourth-order valence-corrected chi connectivity index (χ4v) is 5.06. The number of benzene rings is 3. The van der Waals surface area contributed by atoms with Crippen molar-refractivity contribution in [2.24, 2.45) is 0 Å². The smallest absolute Gasteiger partial charge is 0.227 e. The Kier molecular flexibility index (Phi) is 6.39. The molecule has 1 atom stereocenters. The first-order chi connectivity index (χ1) is 17.0. The maximum Gasteiger partial charge on any atom is 0.227 e. The number of carbonyl (C=O) groups is 1. The Morgan fingerprint density at radius 2 is 1.83 bits per heavy atom. The van der Waals surface area contributed by atoms with Crippen LogP contribution in [0.25, 0.3) is 11.0 Å². The van der Waals surface area contributed by atoms with Crippen LogP contribution in [-0.4, -0.2) is 35.7 Å². The lowest BCUT2D eigenvalue weighted by molar-refractivity contribution is -0.117. The third kappa shape index (κ3) is 4.46. The minimum Gasteiger partial charge on any atom is -0.495 e. The number of methoxy groups -OCH3 is 1. The van der Waals surface area contributed by atoms with Gasteiger partial charge in [-0.05, 0) is 55.3 Å². The number of rotatable bonds is 7. The molecule has 0 radical (unpaired) electrons. The molecule has 0 unspecified atom stereocenters. The van der Waals surface area contributed by atoms with Crippen LogP contribution in [0.1, 0.15) is 29.3 Å². The predicted molar refractivity (Wildman–Crippen MR) is 139 cm³/mol. The maximum absolute atomic E-state index is 13.1. The van der Waals surface area contributed by atoms with Gasteiger partial charge in [0.1, 0.15) is 23.9 Å². The summed E-state index contributed by atoms with van der Waals surface area (Å²) in [5.74, 6) is 2.42. The fraction of sp³-hybridized carbons (Fsp3) is 0.286. The van der Waals surface area contributed by atoms with Crippen LogP contribution in [0.3, 0.4) is 0 Å². The largest absolute Gasteiger partial charge is 0.495 e. The summed E-state index contributed by atoms with van der Waals surface area (Å²) < 4.78 is 13.9. The van der Waals surface area contributed by atoms with Gasteiger partial charge in [-0.2, -0.15) is 0 Å². The number of amides is 1. The van der Waals surface area contributed by atoms with Gasteiger partial charge in [0.05, 0.1) is 30.4 Å². The van der Waals surface area contributed by atoms with Crippen molar-refractivity contribution in [3.63, 3.8) is 0 Å². The van der Waals surface area contributed by atoms with Gasteiger partial charge >= 0.3 is 0 Å². The van der Waals surface area contributed by atoms with E-state index in [0.717, 1.165) is 33.7 Å². The summed E-state index contributed by atoms with van der Waals surface area (Å²) in [5, 5.41) is 0.563. The number of imidazole rings is 1. The highest BCUT2D eigenvalue weighted by molar-refractivity contribution is 6.31. The summed E-state index contributed by atoms with van der Waals surface area (Å²) in [6.07, 6.45) is 0.372. The molecule has 4 aromatic rings. The Labute approximate surface area is 210 Å². The number of aryl methyl sites for hydroxylation is 2. The number of aromatic nitrogens is 2. The average Bonchev–Trinajstić information content (AvgIpc) is 3.41. The second-order valence-corrected chi connectivity index (χ2v) is 9.34. The van der Waals surface area contributed by atoms with Crippen molar-refractivity contribution in [2.45, 2.75) is 32.7 Å². The number of ether oxygens (including phenoxy) is 2. The molecular formula is C28H28ClN3O3. The Morgan fingerprint density at radius 3 is 2.60 bits per heavy atom. The molecule has 1 amide bonds. The molecule has 6 nitrogen and oxygen atoms in total. The van der Waals surface area contributed by atoms with Crippen molar-refractivity contribution in [2.75, 3.05) is 25.2 Å². The molecule has 1 fully saturated rings. The summed E-state index contributed by atoms with van der Waals surface area (Å²) in [6, 6.07) is 19.6. The lowest BCUT2D eigenvalue weighted by Gasteiger charge is -2.20. The highest BCUT2D eigenvalue weighted by Crippen LogP contribution is 2.38. The van der Waals surface area contributed by atoms with Gasteiger partial charge in [0.2, 0.25) is 5.91 Å². The number of para-hydroxylation sites is 3. The highest BCUT2D eigenvalue weighted by Gasteiger charge is 2.36. The van der Waals surface area contributed by atoms with Gasteiger partial charge in [-0.25, -0.2) is 4.98 Å². The van der Waals surface area contributed by atoms with Crippen LogP contribution >= 0.6 is 11.6 Å². The Balaban J connectivity index is 1.43. The predicted octanol–water partition coefficient (Wildman–Crippen LogP) is 5.91. The van der Waals surface area contributed by atoms with Crippen LogP contribution < -0.4 is 14.4 Å². The number of nitrogens with zero attached hydrogens (tertiary/aromatic N) is 3. The summed E-state index contributed by atoms with van der Waals surface area (Å²) in [6.45, 7) is 5.77. The third-order valence-corrected chi connectivity index (χ3v) is 6.81. The summed E-state index contributed by atoms with van der Waals surface area (Å²) in [5.41, 5.74) is 4.88. The summed E-state index contributed by atoms with van der Waals surface area (Å²) >= 11 is 6.24. The molecule has 0 aliphatic carbocycles. The van der Waals surface area contributed by atoms with E-state index in [0.29, 0.717) is 42.6 Å². The third-order valence-electron chi connectivity index (χ3n) is 6.58. The van der Waals surface area contributed by atoms with E-state index >= 15 is 0 Å². The Bertz CT molecular complexity index is 1380.